The van der Waals surface area contributed by atoms with Gasteiger partial charge in [0.25, 0.3) is 0 Å². The molecule has 0 heterocycles. The zero-order chi connectivity index (χ0) is 22.4. The number of hydrogen-bond donors (Lipinski definition) is 1. The molecule has 0 aromatic heterocycles. The topological polar surface area (TPSA) is 66.5 Å². The smallest absolute Gasteiger partial charge is 0.232 e. The first kappa shape index (κ1) is 23.3. The highest BCUT2D eigenvalue weighted by atomic mass is 32.2. The number of nitrogens with zero attached hydrogens (tertiary/aromatic N) is 1. The summed E-state index contributed by atoms with van der Waals surface area (Å²) in [6.07, 6.45) is 7.55. The fourth-order valence-corrected chi connectivity index (χ4v) is 5.37. The van der Waals surface area contributed by atoms with E-state index < -0.39 is 10.0 Å². The lowest BCUT2D eigenvalue weighted by atomic mass is 9.89. The fourth-order valence-electron chi connectivity index (χ4n) is 4.35. The Hall–Kier alpha value is -2.34. The van der Waals surface area contributed by atoms with Crippen molar-refractivity contribution in [3.05, 3.63) is 64.7 Å². The number of benzene rings is 2. The summed E-state index contributed by atoms with van der Waals surface area (Å²) < 4.78 is 26.0. The largest absolute Gasteiger partial charge is 0.349 e. The van der Waals surface area contributed by atoms with E-state index in [1.165, 1.54) is 34.5 Å². The highest BCUT2D eigenvalue weighted by Crippen LogP contribution is 2.26. The quantitative estimate of drug-likeness (QED) is 0.613. The van der Waals surface area contributed by atoms with Gasteiger partial charge in [-0.25, -0.2) is 8.42 Å². The van der Waals surface area contributed by atoms with Crippen LogP contribution in [0.15, 0.2) is 42.5 Å². The van der Waals surface area contributed by atoms with Crippen LogP contribution < -0.4 is 9.62 Å². The van der Waals surface area contributed by atoms with Gasteiger partial charge in [0.15, 0.2) is 0 Å². The Morgan fingerprint density at radius 1 is 1.10 bits per heavy atom. The maximum absolute atomic E-state index is 12.6. The van der Waals surface area contributed by atoms with Crippen LogP contribution in [-0.2, 0) is 27.7 Å². The first-order chi connectivity index (χ1) is 14.8. The number of nitrogens with one attached hydrogen (secondary N) is 1. The number of anilines is 1. The molecule has 1 aliphatic rings. The summed E-state index contributed by atoms with van der Waals surface area (Å²) in [6.45, 7) is 4.26. The normalized spacial score (nSPS) is 14.5. The van der Waals surface area contributed by atoms with Crippen molar-refractivity contribution in [2.24, 2.45) is 0 Å². The summed E-state index contributed by atoms with van der Waals surface area (Å²) in [5.41, 5.74) is 5.59. The number of amides is 1. The zero-order valence-electron chi connectivity index (χ0n) is 18.9. The molecule has 0 spiro atoms. The van der Waals surface area contributed by atoms with Crippen molar-refractivity contribution in [3.63, 3.8) is 0 Å². The average Bonchev–Trinajstić information content (AvgIpc) is 2.74. The Morgan fingerprint density at radius 3 is 2.48 bits per heavy atom. The molecule has 6 heteroatoms. The maximum Gasteiger partial charge on any atom is 0.232 e. The van der Waals surface area contributed by atoms with Gasteiger partial charge in [0.05, 0.1) is 18.0 Å². The number of para-hydroxylation sites is 1. The Labute approximate surface area is 186 Å². The van der Waals surface area contributed by atoms with Gasteiger partial charge in [-0.15, -0.1) is 0 Å². The zero-order valence-corrected chi connectivity index (χ0v) is 19.7. The molecule has 5 nitrogen and oxygen atoms in total. The Morgan fingerprint density at radius 2 is 1.81 bits per heavy atom. The van der Waals surface area contributed by atoms with Crippen molar-refractivity contribution in [3.8, 4) is 0 Å². The second-order valence-electron chi connectivity index (χ2n) is 8.49. The van der Waals surface area contributed by atoms with Crippen LogP contribution in [0.5, 0.6) is 0 Å². The van der Waals surface area contributed by atoms with E-state index in [1.807, 2.05) is 25.1 Å². The molecule has 0 unspecified atom stereocenters. The molecule has 0 saturated carbocycles. The molecule has 2 aromatic rings. The lowest BCUT2D eigenvalue weighted by Gasteiger charge is -2.24. The molecule has 0 radical (unpaired) electrons. The van der Waals surface area contributed by atoms with E-state index in [-0.39, 0.29) is 18.5 Å². The van der Waals surface area contributed by atoms with Gasteiger partial charge in [-0.05, 0) is 73.8 Å². The molecular weight excluding hydrogens is 408 g/mol. The number of carbonyl (C=O) groups is 1. The second-order valence-corrected chi connectivity index (χ2v) is 10.4. The maximum atomic E-state index is 12.6. The Balaban J connectivity index is 1.60. The molecule has 2 aromatic carbocycles. The molecule has 0 aliphatic heterocycles. The first-order valence-electron chi connectivity index (χ1n) is 11.2. The van der Waals surface area contributed by atoms with Crippen LogP contribution in [0.25, 0.3) is 0 Å². The number of fused-ring (bicyclic) bond motifs is 1. The molecule has 0 saturated heterocycles. The minimum atomic E-state index is -3.42. The van der Waals surface area contributed by atoms with Gasteiger partial charge in [-0.2, -0.15) is 0 Å². The molecule has 1 atom stereocenters. The van der Waals surface area contributed by atoms with Crippen molar-refractivity contribution in [2.75, 3.05) is 17.1 Å². The van der Waals surface area contributed by atoms with Gasteiger partial charge in [-0.1, -0.05) is 43.3 Å². The molecule has 0 fully saturated rings. The third kappa shape index (κ3) is 6.10. The van der Waals surface area contributed by atoms with Gasteiger partial charge in [0.2, 0.25) is 15.9 Å². The monoisotopic (exact) mass is 442 g/mol. The van der Waals surface area contributed by atoms with Crippen LogP contribution in [0.2, 0.25) is 0 Å². The summed E-state index contributed by atoms with van der Waals surface area (Å²) in [6, 6.07) is 14.0. The van der Waals surface area contributed by atoms with Gasteiger partial charge in [0, 0.05) is 13.0 Å². The van der Waals surface area contributed by atoms with Crippen molar-refractivity contribution >= 4 is 21.6 Å². The van der Waals surface area contributed by atoms with Crippen LogP contribution in [0, 0.1) is 6.92 Å². The average molecular weight is 443 g/mol. The molecule has 31 heavy (non-hydrogen) atoms. The number of carbonyl (C=O) groups excluding carboxylic acids is 1. The summed E-state index contributed by atoms with van der Waals surface area (Å²) >= 11 is 0. The van der Waals surface area contributed by atoms with E-state index in [0.29, 0.717) is 18.5 Å². The third-order valence-corrected chi connectivity index (χ3v) is 7.25. The summed E-state index contributed by atoms with van der Waals surface area (Å²) in [5.74, 6) is -0.0391. The fraction of sp³-hybridized carbons (Fsp3) is 0.480. The Bertz CT molecular complexity index is 1020. The summed E-state index contributed by atoms with van der Waals surface area (Å²) in [4.78, 5) is 12.6. The van der Waals surface area contributed by atoms with Gasteiger partial charge in [-0.3, -0.25) is 9.10 Å². The number of rotatable bonds is 9. The van der Waals surface area contributed by atoms with E-state index in [1.54, 1.807) is 6.07 Å². The van der Waals surface area contributed by atoms with Crippen LogP contribution in [-0.4, -0.2) is 27.1 Å². The molecule has 0 bridgehead atoms. The van der Waals surface area contributed by atoms with E-state index >= 15 is 0 Å². The van der Waals surface area contributed by atoms with Gasteiger partial charge < -0.3 is 5.32 Å². The molecule has 1 N–H and O–H groups in total. The number of sulfonamides is 1. The Kier molecular flexibility index (Phi) is 7.76. The lowest BCUT2D eigenvalue weighted by Crippen LogP contribution is -2.33. The van der Waals surface area contributed by atoms with Gasteiger partial charge in [0.1, 0.15) is 0 Å². The van der Waals surface area contributed by atoms with Crippen molar-refractivity contribution in [2.45, 2.75) is 64.8 Å². The van der Waals surface area contributed by atoms with Crippen molar-refractivity contribution in [1.82, 2.24) is 5.32 Å². The summed E-state index contributed by atoms with van der Waals surface area (Å²) in [5, 5.41) is 3.15. The molecule has 3 rings (SSSR count). The lowest BCUT2D eigenvalue weighted by molar-refractivity contribution is -0.121. The predicted molar refractivity (Wildman–Crippen MR) is 127 cm³/mol. The molecular formula is C25H34N2O3S. The van der Waals surface area contributed by atoms with E-state index in [2.05, 4.69) is 30.4 Å². The predicted octanol–water partition coefficient (Wildman–Crippen LogP) is 4.69. The standard InChI is InChI=1S/C25H34N2O3S/c1-4-23(22-16-15-20-11-6-7-12-21(20)18-22)26-25(28)14-9-17-27(31(3,29)30)24-13-8-5-10-19(24)2/h5,8,10,13,15-16,18,23H,4,6-7,9,11-12,14,17H2,1-3H3,(H,26,28)/t23-/m1/s1. The molecule has 168 valence electrons. The van der Waals surface area contributed by atoms with Crippen molar-refractivity contribution < 1.29 is 13.2 Å². The van der Waals surface area contributed by atoms with Crippen LogP contribution in [0.4, 0.5) is 5.69 Å². The highest BCUT2D eigenvalue weighted by Gasteiger charge is 2.20. The van der Waals surface area contributed by atoms with Crippen molar-refractivity contribution in [1.29, 1.82) is 0 Å². The van der Waals surface area contributed by atoms with E-state index in [4.69, 9.17) is 0 Å². The van der Waals surface area contributed by atoms with E-state index in [9.17, 15) is 13.2 Å². The summed E-state index contributed by atoms with van der Waals surface area (Å²) in [7, 11) is -3.42. The molecule has 1 aliphatic carbocycles. The number of aryl methyl sites for hydroxylation is 3. The van der Waals surface area contributed by atoms with Crippen LogP contribution in [0.1, 0.15) is 67.3 Å². The minimum Gasteiger partial charge on any atom is -0.349 e. The minimum absolute atomic E-state index is 0.0119. The third-order valence-electron chi connectivity index (χ3n) is 6.07. The highest BCUT2D eigenvalue weighted by molar-refractivity contribution is 7.92. The molecule has 1 amide bonds. The SMILES string of the molecule is CC[C@@H](NC(=O)CCCN(c1ccccc1C)S(C)(=O)=O)c1ccc2c(c1)CCCC2. The van der Waals surface area contributed by atoms with Crippen LogP contribution in [0.3, 0.4) is 0 Å². The van der Waals surface area contributed by atoms with E-state index in [0.717, 1.165) is 30.4 Å². The van der Waals surface area contributed by atoms with Gasteiger partial charge >= 0.3 is 0 Å². The first-order valence-corrected chi connectivity index (χ1v) is 13.1. The second kappa shape index (κ2) is 10.3. The number of hydrogen-bond acceptors (Lipinski definition) is 3. The van der Waals surface area contributed by atoms with Crippen LogP contribution >= 0.6 is 0 Å².